The highest BCUT2D eigenvalue weighted by Gasteiger charge is 2.34. The van der Waals surface area contributed by atoms with Crippen LogP contribution in [0.15, 0.2) is 29.2 Å². The van der Waals surface area contributed by atoms with E-state index in [1.54, 1.807) is 24.3 Å². The van der Waals surface area contributed by atoms with Gasteiger partial charge in [-0.05, 0) is 37.8 Å². The largest absolute Gasteiger partial charge is 0.492 e. The Morgan fingerprint density at radius 3 is 2.50 bits per heavy atom. The van der Waals surface area contributed by atoms with Crippen LogP contribution in [-0.4, -0.2) is 68.2 Å². The maximum Gasteiger partial charge on any atom is 0.246 e. The van der Waals surface area contributed by atoms with E-state index in [0.717, 1.165) is 12.8 Å². The molecular weight excluding hydrogens is 328 g/mol. The minimum absolute atomic E-state index is 0.235. The monoisotopic (exact) mass is 354 g/mol. The highest BCUT2D eigenvalue weighted by Crippen LogP contribution is 2.33. The van der Waals surface area contributed by atoms with Crippen molar-refractivity contribution in [2.75, 3.05) is 39.3 Å². The number of para-hydroxylation sites is 1. The van der Waals surface area contributed by atoms with Crippen LogP contribution in [0.2, 0.25) is 0 Å². The number of piperazine rings is 1. The van der Waals surface area contributed by atoms with Gasteiger partial charge in [0.05, 0.1) is 12.7 Å². The van der Waals surface area contributed by atoms with Crippen LogP contribution in [0.5, 0.6) is 5.75 Å². The van der Waals surface area contributed by atoms with Gasteiger partial charge in [-0.25, -0.2) is 8.42 Å². The third kappa shape index (κ3) is 3.91. The second-order valence-electron chi connectivity index (χ2n) is 6.49. The number of benzene rings is 1. The Hall–Kier alpha value is -1.15. The predicted molar refractivity (Wildman–Crippen MR) is 91.5 cm³/mol. The summed E-state index contributed by atoms with van der Waals surface area (Å²) in [6.45, 7) is 5.11. The lowest BCUT2D eigenvalue weighted by Gasteiger charge is -2.35. The van der Waals surface area contributed by atoms with Crippen molar-refractivity contribution in [3.8, 4) is 5.75 Å². The predicted octanol–water partition coefficient (Wildman–Crippen LogP) is 1.16. The van der Waals surface area contributed by atoms with Gasteiger partial charge >= 0.3 is 0 Å². The highest BCUT2D eigenvalue weighted by molar-refractivity contribution is 7.89. The van der Waals surface area contributed by atoms with Gasteiger partial charge in [-0.3, -0.25) is 4.90 Å². The number of aliphatic hydroxyl groups excluding tert-OH is 1. The molecule has 1 heterocycles. The molecule has 0 spiro atoms. The van der Waals surface area contributed by atoms with E-state index in [1.807, 2.05) is 6.92 Å². The zero-order valence-corrected chi connectivity index (χ0v) is 14.9. The Morgan fingerprint density at radius 1 is 1.21 bits per heavy atom. The van der Waals surface area contributed by atoms with E-state index in [1.165, 1.54) is 4.31 Å². The van der Waals surface area contributed by atoms with Gasteiger partial charge in [0.2, 0.25) is 10.0 Å². The molecule has 1 atom stereocenters. The maximum absolute atomic E-state index is 12.9. The minimum Gasteiger partial charge on any atom is -0.492 e. The van der Waals surface area contributed by atoms with Crippen molar-refractivity contribution in [1.29, 1.82) is 0 Å². The first-order valence-corrected chi connectivity index (χ1v) is 10.1. The molecule has 2 aliphatic rings. The highest BCUT2D eigenvalue weighted by atomic mass is 32.2. The van der Waals surface area contributed by atoms with E-state index in [2.05, 4.69) is 4.90 Å². The number of ether oxygens (including phenoxy) is 1. The second-order valence-corrected chi connectivity index (χ2v) is 8.40. The van der Waals surface area contributed by atoms with Gasteiger partial charge in [-0.2, -0.15) is 4.31 Å². The van der Waals surface area contributed by atoms with Gasteiger partial charge in [0.25, 0.3) is 0 Å². The van der Waals surface area contributed by atoms with Crippen molar-refractivity contribution in [3.05, 3.63) is 24.3 Å². The van der Waals surface area contributed by atoms with Crippen LogP contribution in [0.1, 0.15) is 19.8 Å². The number of hydrogen-bond donors (Lipinski definition) is 1. The topological polar surface area (TPSA) is 70.1 Å². The summed E-state index contributed by atoms with van der Waals surface area (Å²) in [7, 11) is -3.55. The number of sulfonamides is 1. The summed E-state index contributed by atoms with van der Waals surface area (Å²) in [5.41, 5.74) is 0. The third-order valence-electron chi connectivity index (χ3n) is 4.71. The smallest absolute Gasteiger partial charge is 0.246 e. The first-order chi connectivity index (χ1) is 11.5. The third-order valence-corrected chi connectivity index (χ3v) is 6.65. The minimum atomic E-state index is -3.55. The molecule has 0 amide bonds. The summed E-state index contributed by atoms with van der Waals surface area (Å²) < 4.78 is 32.8. The van der Waals surface area contributed by atoms with E-state index >= 15 is 0 Å². The molecular formula is C17H26N2O4S. The van der Waals surface area contributed by atoms with Crippen LogP contribution in [-0.2, 0) is 10.0 Å². The Morgan fingerprint density at radius 2 is 1.88 bits per heavy atom. The van der Waals surface area contributed by atoms with Crippen LogP contribution in [0.25, 0.3) is 0 Å². The molecule has 1 aromatic rings. The van der Waals surface area contributed by atoms with Crippen molar-refractivity contribution >= 4 is 10.0 Å². The lowest BCUT2D eigenvalue weighted by Crippen LogP contribution is -2.50. The van der Waals surface area contributed by atoms with E-state index in [-0.39, 0.29) is 11.0 Å². The molecule has 1 unspecified atom stereocenters. The number of hydrogen-bond acceptors (Lipinski definition) is 5. The molecule has 0 aromatic heterocycles. The number of nitrogens with zero attached hydrogens (tertiary/aromatic N) is 2. The molecule has 6 nitrogen and oxygen atoms in total. The quantitative estimate of drug-likeness (QED) is 0.796. The lowest BCUT2D eigenvalue weighted by molar-refractivity contribution is 0.0781. The Kier molecular flexibility index (Phi) is 5.44. The zero-order valence-electron chi connectivity index (χ0n) is 14.1. The molecule has 1 saturated heterocycles. The van der Waals surface area contributed by atoms with Gasteiger partial charge in [-0.1, -0.05) is 12.1 Å². The average Bonchev–Trinajstić information content (AvgIpc) is 3.41. The van der Waals surface area contributed by atoms with Crippen LogP contribution >= 0.6 is 0 Å². The summed E-state index contributed by atoms with van der Waals surface area (Å²) in [5.74, 6) is 0.858. The number of rotatable bonds is 7. The molecule has 1 aliphatic heterocycles. The summed E-state index contributed by atoms with van der Waals surface area (Å²) >= 11 is 0. The van der Waals surface area contributed by atoms with Gasteiger partial charge in [-0.15, -0.1) is 0 Å². The molecule has 1 aliphatic carbocycles. The van der Waals surface area contributed by atoms with Gasteiger partial charge in [0, 0.05) is 32.7 Å². The van der Waals surface area contributed by atoms with E-state index in [4.69, 9.17) is 4.74 Å². The first-order valence-electron chi connectivity index (χ1n) is 8.64. The summed E-state index contributed by atoms with van der Waals surface area (Å²) in [6, 6.07) is 6.79. The first kappa shape index (κ1) is 17.7. The number of aliphatic hydroxyl groups is 1. The normalized spacial score (nSPS) is 21.6. The Labute approximate surface area is 144 Å². The van der Waals surface area contributed by atoms with Crippen molar-refractivity contribution in [1.82, 2.24) is 9.21 Å². The number of β-amino-alcohol motifs (C(OH)–C–C–N with tert-alkyl or cyclic N) is 1. The maximum atomic E-state index is 12.9. The van der Waals surface area contributed by atoms with Gasteiger partial charge in [0.15, 0.2) is 0 Å². The van der Waals surface area contributed by atoms with E-state index in [9.17, 15) is 13.5 Å². The summed E-state index contributed by atoms with van der Waals surface area (Å²) in [6.07, 6.45) is 1.96. The van der Waals surface area contributed by atoms with Crippen molar-refractivity contribution < 1.29 is 18.3 Å². The van der Waals surface area contributed by atoms with E-state index < -0.39 is 10.0 Å². The average molecular weight is 354 g/mol. The molecule has 1 N–H and O–H groups in total. The van der Waals surface area contributed by atoms with Crippen LogP contribution < -0.4 is 4.74 Å². The lowest BCUT2D eigenvalue weighted by atomic mass is 10.2. The van der Waals surface area contributed by atoms with Crippen molar-refractivity contribution in [2.24, 2.45) is 5.92 Å². The standard InChI is InChI=1S/C17H26N2O4S/c1-2-23-16-5-3-4-6-17(16)24(21,22)19-11-9-18(10-12-19)13-15(20)14-7-8-14/h3-6,14-15,20H,2,7-13H2,1H3. The molecule has 0 bridgehead atoms. The Balaban J connectivity index is 1.64. The molecule has 1 aromatic carbocycles. The summed E-state index contributed by atoms with van der Waals surface area (Å²) in [4.78, 5) is 2.39. The second kappa shape index (κ2) is 7.39. The van der Waals surface area contributed by atoms with Crippen molar-refractivity contribution in [3.63, 3.8) is 0 Å². The molecule has 0 radical (unpaired) electrons. The van der Waals surface area contributed by atoms with Gasteiger partial charge < -0.3 is 9.84 Å². The van der Waals surface area contributed by atoms with Crippen molar-refractivity contribution in [2.45, 2.75) is 30.8 Å². The van der Waals surface area contributed by atoms with E-state index in [0.29, 0.717) is 51.0 Å². The fourth-order valence-corrected chi connectivity index (χ4v) is 4.68. The van der Waals surface area contributed by atoms with Crippen LogP contribution in [0.4, 0.5) is 0 Å². The molecule has 3 rings (SSSR count). The Bertz CT molecular complexity index is 652. The molecule has 2 fully saturated rings. The van der Waals surface area contributed by atoms with Crippen LogP contribution in [0.3, 0.4) is 0 Å². The summed E-state index contributed by atoms with van der Waals surface area (Å²) in [5, 5.41) is 10.1. The molecule has 24 heavy (non-hydrogen) atoms. The zero-order chi connectivity index (χ0) is 17.2. The molecule has 7 heteroatoms. The van der Waals surface area contributed by atoms with Gasteiger partial charge in [0.1, 0.15) is 10.6 Å². The fourth-order valence-electron chi connectivity index (χ4n) is 3.12. The SMILES string of the molecule is CCOc1ccccc1S(=O)(=O)N1CCN(CC(O)C2CC2)CC1. The van der Waals surface area contributed by atoms with Crippen LogP contribution in [0, 0.1) is 5.92 Å². The molecule has 1 saturated carbocycles. The fraction of sp³-hybridized carbons (Fsp3) is 0.647. The molecule has 134 valence electrons.